The number of hydrogen-bond donors (Lipinski definition) is 2. The number of anilines is 3. The summed E-state index contributed by atoms with van der Waals surface area (Å²) in [6, 6.07) is 14.8. The first-order valence-electron chi connectivity index (χ1n) is 7.13. The molecule has 0 aliphatic heterocycles. The highest BCUT2D eigenvalue weighted by atomic mass is 16.2. The van der Waals surface area contributed by atoms with Crippen molar-refractivity contribution in [2.24, 2.45) is 0 Å². The lowest BCUT2D eigenvalue weighted by atomic mass is 10.2. The predicted molar refractivity (Wildman–Crippen MR) is 88.5 cm³/mol. The first kappa shape index (κ1) is 13.3. The maximum absolute atomic E-state index is 12.1. The highest BCUT2D eigenvalue weighted by molar-refractivity contribution is 5.97. The number of H-pyrrole nitrogens is 1. The second-order valence-electron chi connectivity index (χ2n) is 5.23. The Kier molecular flexibility index (Phi) is 2.80. The zero-order valence-corrected chi connectivity index (χ0v) is 12.4. The Morgan fingerprint density at radius 3 is 2.61 bits per heavy atom. The molecule has 0 atom stereocenters. The molecule has 114 valence electrons. The summed E-state index contributed by atoms with van der Waals surface area (Å²) < 4.78 is 1.76. The van der Waals surface area contributed by atoms with Gasteiger partial charge in [-0.1, -0.05) is 12.1 Å². The zero-order valence-electron chi connectivity index (χ0n) is 12.4. The topological polar surface area (TPSA) is 92.3 Å². The van der Waals surface area contributed by atoms with E-state index >= 15 is 0 Å². The van der Waals surface area contributed by atoms with Crippen molar-refractivity contribution < 1.29 is 4.79 Å². The molecule has 3 N–H and O–H groups in total. The lowest BCUT2D eigenvalue weighted by Crippen LogP contribution is -2.24. The van der Waals surface area contributed by atoms with E-state index in [0.717, 1.165) is 11.0 Å². The van der Waals surface area contributed by atoms with E-state index in [1.54, 1.807) is 28.8 Å². The van der Waals surface area contributed by atoms with Gasteiger partial charge in [0.15, 0.2) is 0 Å². The molecule has 2 aromatic heterocycles. The average molecular weight is 306 g/mol. The molecule has 4 rings (SSSR count). The fraction of sp³-hybridized carbons (Fsp3) is 0.0625. The Morgan fingerprint density at radius 1 is 1.13 bits per heavy atom. The number of nitrogens with one attached hydrogen (secondary N) is 1. The van der Waals surface area contributed by atoms with Crippen LogP contribution >= 0.6 is 0 Å². The number of hydrogen-bond acceptors (Lipinski definition) is 4. The van der Waals surface area contributed by atoms with Gasteiger partial charge in [0.25, 0.3) is 5.78 Å². The van der Waals surface area contributed by atoms with E-state index in [-0.39, 0.29) is 5.91 Å². The normalized spacial score (nSPS) is 11.2. The molecule has 2 heterocycles. The molecular weight excluding hydrogens is 292 g/mol. The number of nitrogens with two attached hydrogens (primary N) is 1. The Bertz CT molecular complexity index is 1010. The van der Waals surface area contributed by atoms with Crippen LogP contribution in [0.5, 0.6) is 0 Å². The quantitative estimate of drug-likeness (QED) is 0.556. The van der Waals surface area contributed by atoms with E-state index in [1.807, 2.05) is 24.3 Å². The number of nitrogen functional groups attached to an aromatic ring is 1. The summed E-state index contributed by atoms with van der Waals surface area (Å²) in [5.41, 5.74) is 8.78. The van der Waals surface area contributed by atoms with Crippen LogP contribution in [0.3, 0.4) is 0 Å². The minimum Gasteiger partial charge on any atom is -0.399 e. The van der Waals surface area contributed by atoms with E-state index in [9.17, 15) is 4.79 Å². The minimum absolute atomic E-state index is 0.156. The van der Waals surface area contributed by atoms with Crippen molar-refractivity contribution >= 4 is 40.0 Å². The summed E-state index contributed by atoms with van der Waals surface area (Å²) in [6.45, 7) is 1.49. The van der Waals surface area contributed by atoms with Crippen molar-refractivity contribution in [2.45, 2.75) is 6.92 Å². The Labute approximate surface area is 131 Å². The summed E-state index contributed by atoms with van der Waals surface area (Å²) in [6.07, 6.45) is 0. The van der Waals surface area contributed by atoms with Gasteiger partial charge in [-0.05, 0) is 36.4 Å². The third-order valence-corrected chi connectivity index (χ3v) is 3.64. The van der Waals surface area contributed by atoms with Crippen LogP contribution in [0.2, 0.25) is 0 Å². The third kappa shape index (κ3) is 2.10. The molecule has 7 nitrogen and oxygen atoms in total. The maximum Gasteiger partial charge on any atom is 0.253 e. The molecule has 0 spiro atoms. The van der Waals surface area contributed by atoms with Gasteiger partial charge in [0, 0.05) is 12.6 Å². The Balaban J connectivity index is 1.87. The van der Waals surface area contributed by atoms with E-state index in [1.165, 1.54) is 11.8 Å². The SMILES string of the molecule is CC(=O)N(c1ccc(N)cc1)c1nc2nc3ccccc3n2[nH]1. The number of imidazole rings is 1. The lowest BCUT2D eigenvalue weighted by Gasteiger charge is -2.17. The fourth-order valence-corrected chi connectivity index (χ4v) is 2.59. The zero-order chi connectivity index (χ0) is 16.0. The van der Waals surface area contributed by atoms with Crippen molar-refractivity contribution in [3.05, 3.63) is 48.5 Å². The van der Waals surface area contributed by atoms with Gasteiger partial charge in [0.05, 0.1) is 16.7 Å². The number of rotatable bonds is 2. The third-order valence-electron chi connectivity index (χ3n) is 3.64. The van der Waals surface area contributed by atoms with Gasteiger partial charge in [-0.25, -0.2) is 14.4 Å². The van der Waals surface area contributed by atoms with Gasteiger partial charge in [-0.15, -0.1) is 0 Å². The number of nitrogens with zero attached hydrogens (tertiary/aromatic N) is 4. The highest BCUT2D eigenvalue weighted by Gasteiger charge is 2.19. The predicted octanol–water partition coefficient (Wildman–Crippen LogP) is 2.48. The lowest BCUT2D eigenvalue weighted by molar-refractivity contribution is -0.115. The molecular formula is C16H14N6O. The van der Waals surface area contributed by atoms with Crippen molar-refractivity contribution in [3.63, 3.8) is 0 Å². The monoisotopic (exact) mass is 306 g/mol. The summed E-state index contributed by atoms with van der Waals surface area (Å²) in [5, 5.41) is 3.13. The molecule has 0 aliphatic carbocycles. The number of aromatic amines is 1. The summed E-state index contributed by atoms with van der Waals surface area (Å²) >= 11 is 0. The molecule has 23 heavy (non-hydrogen) atoms. The van der Waals surface area contributed by atoms with E-state index in [2.05, 4.69) is 15.1 Å². The number of benzene rings is 2. The Hall–Kier alpha value is -3.35. The van der Waals surface area contributed by atoms with Crippen molar-refractivity contribution in [2.75, 3.05) is 10.6 Å². The summed E-state index contributed by atoms with van der Waals surface area (Å²) in [4.78, 5) is 22.5. The van der Waals surface area contributed by atoms with E-state index < -0.39 is 0 Å². The van der Waals surface area contributed by atoms with Gasteiger partial charge >= 0.3 is 0 Å². The fourth-order valence-electron chi connectivity index (χ4n) is 2.59. The molecule has 2 aromatic carbocycles. The number of amides is 1. The summed E-state index contributed by atoms with van der Waals surface area (Å²) in [5.74, 6) is 0.773. The van der Waals surface area contributed by atoms with Gasteiger partial charge in [-0.3, -0.25) is 9.89 Å². The van der Waals surface area contributed by atoms with Crippen LogP contribution in [0.1, 0.15) is 6.92 Å². The van der Waals surface area contributed by atoms with Gasteiger partial charge in [-0.2, -0.15) is 4.98 Å². The first-order valence-corrected chi connectivity index (χ1v) is 7.13. The molecule has 1 amide bonds. The smallest absolute Gasteiger partial charge is 0.253 e. The van der Waals surface area contributed by atoms with Crippen LogP contribution in [-0.2, 0) is 4.79 Å². The van der Waals surface area contributed by atoms with E-state index in [4.69, 9.17) is 5.73 Å². The first-order chi connectivity index (χ1) is 11.1. The molecule has 0 saturated heterocycles. The summed E-state index contributed by atoms with van der Waals surface area (Å²) in [7, 11) is 0. The highest BCUT2D eigenvalue weighted by Crippen LogP contribution is 2.25. The number of carbonyl (C=O) groups is 1. The minimum atomic E-state index is -0.156. The van der Waals surface area contributed by atoms with Crippen LogP contribution in [0.15, 0.2) is 48.5 Å². The number of para-hydroxylation sites is 2. The molecule has 0 unspecified atom stereocenters. The number of carbonyl (C=O) groups excluding carboxylic acids is 1. The van der Waals surface area contributed by atoms with Crippen LogP contribution in [0.4, 0.5) is 17.3 Å². The molecule has 0 radical (unpaired) electrons. The van der Waals surface area contributed by atoms with Crippen LogP contribution in [0.25, 0.3) is 16.8 Å². The molecule has 0 saturated carbocycles. The van der Waals surface area contributed by atoms with Crippen molar-refractivity contribution in [3.8, 4) is 0 Å². The number of aromatic nitrogens is 4. The maximum atomic E-state index is 12.1. The second kappa shape index (κ2) is 4.84. The van der Waals surface area contributed by atoms with Crippen LogP contribution in [0, 0.1) is 0 Å². The molecule has 0 fully saturated rings. The molecule has 4 aromatic rings. The van der Waals surface area contributed by atoms with Gasteiger partial charge in [0.2, 0.25) is 11.9 Å². The van der Waals surface area contributed by atoms with E-state index in [0.29, 0.717) is 23.1 Å². The molecule has 0 bridgehead atoms. The molecule has 0 aliphatic rings. The van der Waals surface area contributed by atoms with Gasteiger partial charge in [0.1, 0.15) is 0 Å². The van der Waals surface area contributed by atoms with Crippen LogP contribution in [-0.4, -0.2) is 25.5 Å². The second-order valence-corrected chi connectivity index (χ2v) is 5.23. The average Bonchev–Trinajstić information content (AvgIpc) is 3.07. The largest absolute Gasteiger partial charge is 0.399 e. The van der Waals surface area contributed by atoms with Crippen LogP contribution < -0.4 is 10.6 Å². The Morgan fingerprint density at radius 2 is 1.87 bits per heavy atom. The van der Waals surface area contributed by atoms with Gasteiger partial charge < -0.3 is 5.73 Å². The van der Waals surface area contributed by atoms with Crippen molar-refractivity contribution in [1.82, 2.24) is 19.6 Å². The molecule has 7 heteroatoms. The standard InChI is InChI=1S/C16H14N6O/c1-10(23)21(12-8-6-11(17)7-9-12)16-19-15-18-13-4-2-3-5-14(13)22(15)20-16/h2-9H,17H2,1H3,(H,18,19,20). The van der Waals surface area contributed by atoms with Crippen molar-refractivity contribution in [1.29, 1.82) is 0 Å². The number of fused-ring (bicyclic) bond motifs is 3.